The predicted molar refractivity (Wildman–Crippen MR) is 58.8 cm³/mol. The van der Waals surface area contributed by atoms with Crippen molar-refractivity contribution in [1.82, 2.24) is 5.16 Å². The summed E-state index contributed by atoms with van der Waals surface area (Å²) in [4.78, 5) is 0. The van der Waals surface area contributed by atoms with E-state index in [2.05, 4.69) is 21.1 Å². The second kappa shape index (κ2) is 3.46. The van der Waals surface area contributed by atoms with E-state index in [4.69, 9.17) is 10.3 Å². The van der Waals surface area contributed by atoms with Crippen LogP contribution in [0.2, 0.25) is 0 Å². The van der Waals surface area contributed by atoms with Crippen LogP contribution in [-0.2, 0) is 0 Å². The van der Waals surface area contributed by atoms with Crippen molar-refractivity contribution in [2.75, 3.05) is 5.73 Å². The molecule has 2 rings (SSSR count). The molecule has 1 heterocycles. The Morgan fingerprint density at radius 3 is 2.79 bits per heavy atom. The van der Waals surface area contributed by atoms with Crippen LogP contribution in [0, 0.1) is 6.92 Å². The van der Waals surface area contributed by atoms with E-state index in [0.717, 1.165) is 11.3 Å². The van der Waals surface area contributed by atoms with Crippen LogP contribution in [0.1, 0.15) is 5.56 Å². The second-order valence-corrected chi connectivity index (χ2v) is 3.87. The molecule has 0 atom stereocenters. The number of anilines is 1. The molecule has 4 heteroatoms. The number of aromatic nitrogens is 1. The first-order valence-corrected chi connectivity index (χ1v) is 4.95. The van der Waals surface area contributed by atoms with Crippen LogP contribution < -0.4 is 5.73 Å². The molecular formula is C10H9BrN2O. The predicted octanol–water partition coefficient (Wildman–Crippen LogP) is 2.99. The van der Waals surface area contributed by atoms with E-state index in [-0.39, 0.29) is 0 Å². The minimum Gasteiger partial charge on any atom is -0.367 e. The summed E-state index contributed by atoms with van der Waals surface area (Å²) >= 11 is 3.33. The van der Waals surface area contributed by atoms with Crippen molar-refractivity contribution in [1.29, 1.82) is 0 Å². The van der Waals surface area contributed by atoms with Gasteiger partial charge in [-0.3, -0.25) is 0 Å². The molecule has 0 saturated heterocycles. The summed E-state index contributed by atoms with van der Waals surface area (Å²) in [5, 5.41) is 3.88. The fourth-order valence-corrected chi connectivity index (χ4v) is 1.64. The molecule has 0 radical (unpaired) electrons. The first-order valence-electron chi connectivity index (χ1n) is 4.16. The Bertz CT molecular complexity index is 465. The summed E-state index contributed by atoms with van der Waals surface area (Å²) in [6.07, 6.45) is 0. The quantitative estimate of drug-likeness (QED) is 0.849. The molecule has 3 nitrogen and oxygen atoms in total. The van der Waals surface area contributed by atoms with Crippen molar-refractivity contribution in [3.05, 3.63) is 34.3 Å². The van der Waals surface area contributed by atoms with Gasteiger partial charge in [0.05, 0.1) is 0 Å². The molecule has 1 aromatic carbocycles. The number of hydrogen-bond acceptors (Lipinski definition) is 3. The Balaban J connectivity index is 2.55. The number of nitrogens with zero attached hydrogens (tertiary/aromatic N) is 1. The molecule has 2 aromatic rings. The lowest BCUT2D eigenvalue weighted by molar-refractivity contribution is 0.439. The van der Waals surface area contributed by atoms with Gasteiger partial charge in [0.2, 0.25) is 5.88 Å². The highest BCUT2D eigenvalue weighted by molar-refractivity contribution is 9.10. The topological polar surface area (TPSA) is 52.0 Å². The second-order valence-electron chi connectivity index (χ2n) is 3.08. The number of benzene rings is 1. The van der Waals surface area contributed by atoms with Crippen molar-refractivity contribution in [2.45, 2.75) is 6.92 Å². The lowest BCUT2D eigenvalue weighted by Crippen LogP contribution is -1.82. The number of nitrogen functional groups attached to an aromatic ring is 1. The number of nitrogens with two attached hydrogens (primary N) is 1. The summed E-state index contributed by atoms with van der Waals surface area (Å²) in [6, 6.07) is 8.00. The van der Waals surface area contributed by atoms with Crippen LogP contribution in [0.15, 0.2) is 33.3 Å². The molecule has 0 aliphatic rings. The minimum absolute atomic E-state index is 0.307. The van der Waals surface area contributed by atoms with Gasteiger partial charge in [-0.05, 0) is 28.9 Å². The molecule has 0 aliphatic heterocycles. The van der Waals surface area contributed by atoms with Crippen molar-refractivity contribution >= 4 is 21.8 Å². The fourth-order valence-electron chi connectivity index (χ4n) is 1.26. The first kappa shape index (κ1) is 9.27. The standard InChI is InChI=1S/C10H9BrN2O/c1-6-3-2-4-7(5-6)9-8(11)10(12)14-13-9/h2-5H,12H2,1H3. The van der Waals surface area contributed by atoms with E-state index >= 15 is 0 Å². The highest BCUT2D eigenvalue weighted by Crippen LogP contribution is 2.31. The van der Waals surface area contributed by atoms with E-state index in [1.54, 1.807) is 0 Å². The average molecular weight is 253 g/mol. The number of rotatable bonds is 1. The zero-order chi connectivity index (χ0) is 10.1. The van der Waals surface area contributed by atoms with Crippen LogP contribution in [0.25, 0.3) is 11.3 Å². The molecule has 0 aliphatic carbocycles. The van der Waals surface area contributed by atoms with Gasteiger partial charge < -0.3 is 10.3 Å². The van der Waals surface area contributed by atoms with Gasteiger partial charge in [0.1, 0.15) is 10.2 Å². The van der Waals surface area contributed by atoms with E-state index in [0.29, 0.717) is 10.4 Å². The van der Waals surface area contributed by atoms with Crippen molar-refractivity contribution in [3.8, 4) is 11.3 Å². The fraction of sp³-hybridized carbons (Fsp3) is 0.100. The molecule has 0 spiro atoms. The molecule has 0 fully saturated rings. The molecule has 0 unspecified atom stereocenters. The third kappa shape index (κ3) is 1.53. The summed E-state index contributed by atoms with van der Waals surface area (Å²) in [5.41, 5.74) is 8.46. The average Bonchev–Trinajstić information content (AvgIpc) is 2.48. The Morgan fingerprint density at radius 1 is 1.43 bits per heavy atom. The molecular weight excluding hydrogens is 244 g/mol. The van der Waals surface area contributed by atoms with Gasteiger partial charge in [0, 0.05) is 5.56 Å². The summed E-state index contributed by atoms with van der Waals surface area (Å²) < 4.78 is 5.58. The van der Waals surface area contributed by atoms with Crippen molar-refractivity contribution in [3.63, 3.8) is 0 Å². The summed E-state index contributed by atoms with van der Waals surface area (Å²) in [6.45, 7) is 2.03. The van der Waals surface area contributed by atoms with Crippen LogP contribution >= 0.6 is 15.9 Å². The normalized spacial score (nSPS) is 10.4. The number of halogens is 1. The molecule has 0 bridgehead atoms. The molecule has 1 aromatic heterocycles. The van der Waals surface area contributed by atoms with Crippen LogP contribution in [0.5, 0.6) is 0 Å². The summed E-state index contributed by atoms with van der Waals surface area (Å²) in [7, 11) is 0. The Hall–Kier alpha value is -1.29. The van der Waals surface area contributed by atoms with Gasteiger partial charge >= 0.3 is 0 Å². The van der Waals surface area contributed by atoms with Crippen LogP contribution in [0.3, 0.4) is 0 Å². The monoisotopic (exact) mass is 252 g/mol. The summed E-state index contributed by atoms with van der Waals surface area (Å²) in [5.74, 6) is 0.307. The molecule has 72 valence electrons. The van der Waals surface area contributed by atoms with Crippen LogP contribution in [0.4, 0.5) is 5.88 Å². The van der Waals surface area contributed by atoms with Gasteiger partial charge in [-0.2, -0.15) is 0 Å². The van der Waals surface area contributed by atoms with Gasteiger partial charge in [0.15, 0.2) is 0 Å². The maximum atomic E-state index is 5.54. The molecule has 14 heavy (non-hydrogen) atoms. The third-order valence-corrected chi connectivity index (χ3v) is 2.72. The maximum Gasteiger partial charge on any atom is 0.237 e. The largest absolute Gasteiger partial charge is 0.367 e. The molecule has 0 amide bonds. The Morgan fingerprint density at radius 2 is 2.21 bits per heavy atom. The van der Waals surface area contributed by atoms with Gasteiger partial charge in [-0.1, -0.05) is 28.9 Å². The first-order chi connectivity index (χ1) is 6.68. The Labute approximate surface area is 90.0 Å². The SMILES string of the molecule is Cc1cccc(-c2noc(N)c2Br)c1. The van der Waals surface area contributed by atoms with E-state index in [1.165, 1.54) is 5.56 Å². The lowest BCUT2D eigenvalue weighted by Gasteiger charge is -1.97. The number of aryl methyl sites for hydroxylation is 1. The van der Waals surface area contributed by atoms with E-state index < -0.39 is 0 Å². The smallest absolute Gasteiger partial charge is 0.237 e. The zero-order valence-electron chi connectivity index (χ0n) is 7.62. The van der Waals surface area contributed by atoms with Crippen molar-refractivity contribution < 1.29 is 4.52 Å². The third-order valence-electron chi connectivity index (χ3n) is 1.95. The molecule has 0 saturated carbocycles. The lowest BCUT2D eigenvalue weighted by atomic mass is 10.1. The van der Waals surface area contributed by atoms with Gasteiger partial charge in [-0.15, -0.1) is 0 Å². The van der Waals surface area contributed by atoms with E-state index in [9.17, 15) is 0 Å². The maximum absolute atomic E-state index is 5.54. The van der Waals surface area contributed by atoms with Crippen LogP contribution in [-0.4, -0.2) is 5.16 Å². The Kier molecular flexibility index (Phi) is 2.29. The zero-order valence-corrected chi connectivity index (χ0v) is 9.21. The highest BCUT2D eigenvalue weighted by Gasteiger charge is 2.12. The molecule has 2 N–H and O–H groups in total. The van der Waals surface area contributed by atoms with Gasteiger partial charge in [0.25, 0.3) is 0 Å². The number of hydrogen-bond donors (Lipinski definition) is 1. The van der Waals surface area contributed by atoms with Gasteiger partial charge in [-0.25, -0.2) is 0 Å². The minimum atomic E-state index is 0.307. The van der Waals surface area contributed by atoms with Crippen molar-refractivity contribution in [2.24, 2.45) is 0 Å². The van der Waals surface area contributed by atoms with E-state index in [1.807, 2.05) is 31.2 Å². The highest BCUT2D eigenvalue weighted by atomic mass is 79.9.